The van der Waals surface area contributed by atoms with Gasteiger partial charge < -0.3 is 15.5 Å². The Morgan fingerprint density at radius 2 is 2.11 bits per heavy atom. The van der Waals surface area contributed by atoms with Gasteiger partial charge in [0.25, 0.3) is 0 Å². The lowest BCUT2D eigenvalue weighted by Crippen LogP contribution is -2.22. The van der Waals surface area contributed by atoms with Crippen LogP contribution in [0.25, 0.3) is 0 Å². The van der Waals surface area contributed by atoms with Gasteiger partial charge in [0.15, 0.2) is 16.4 Å². The van der Waals surface area contributed by atoms with Crippen molar-refractivity contribution in [3.8, 4) is 5.75 Å². The molecule has 3 N–H and O–H groups in total. The number of aliphatic hydroxyl groups is 1. The molecule has 4 aromatic rings. The van der Waals surface area contributed by atoms with Gasteiger partial charge in [-0.05, 0) is 26.0 Å². The lowest BCUT2D eigenvalue weighted by molar-refractivity contribution is 0.101. The van der Waals surface area contributed by atoms with E-state index in [1.54, 1.807) is 42.2 Å². The maximum absolute atomic E-state index is 10.8. The van der Waals surface area contributed by atoms with Crippen molar-refractivity contribution in [2.24, 2.45) is 0 Å². The molecule has 0 fully saturated rings. The van der Waals surface area contributed by atoms with Crippen molar-refractivity contribution >= 4 is 33.6 Å². The first-order valence-electron chi connectivity index (χ1n) is 8.34. The summed E-state index contributed by atoms with van der Waals surface area (Å²) >= 11 is 2.62. The Labute approximate surface area is 168 Å². The van der Waals surface area contributed by atoms with Crippen LogP contribution >= 0.6 is 22.7 Å². The van der Waals surface area contributed by atoms with Gasteiger partial charge >= 0.3 is 0 Å². The summed E-state index contributed by atoms with van der Waals surface area (Å²) in [5.41, 5.74) is 0.0876. The van der Waals surface area contributed by atoms with Crippen LogP contribution in [0.4, 0.5) is 10.9 Å². The standard InChI is InChI=1S/C17H17N7O2S2/c1-10-9-27-14(19-10)17(2,26)15-21-22-16(28-15)20-13-5-7-24(23-13)8-11-12(25)4-3-6-18-11/h3-7,9,25-26H,8H2,1-2H3,(H,20,22,23). The maximum Gasteiger partial charge on any atom is 0.211 e. The van der Waals surface area contributed by atoms with Crippen molar-refractivity contribution in [3.63, 3.8) is 0 Å². The molecule has 4 rings (SSSR count). The van der Waals surface area contributed by atoms with E-state index in [0.717, 1.165) is 5.69 Å². The van der Waals surface area contributed by atoms with Gasteiger partial charge in [0.2, 0.25) is 5.13 Å². The number of aryl methyl sites for hydroxylation is 1. The molecule has 0 aromatic carbocycles. The average Bonchev–Trinajstić information content (AvgIpc) is 3.39. The topological polar surface area (TPSA) is 122 Å². The molecule has 9 nitrogen and oxygen atoms in total. The zero-order chi connectivity index (χ0) is 19.7. The fraction of sp³-hybridized carbons (Fsp3) is 0.235. The summed E-state index contributed by atoms with van der Waals surface area (Å²) in [6.07, 6.45) is 3.39. The predicted molar refractivity (Wildman–Crippen MR) is 106 cm³/mol. The molecule has 4 aromatic heterocycles. The molecule has 28 heavy (non-hydrogen) atoms. The third-order valence-corrected chi connectivity index (χ3v) is 6.15. The summed E-state index contributed by atoms with van der Waals surface area (Å²) in [5.74, 6) is 0.698. The van der Waals surface area contributed by atoms with Crippen molar-refractivity contribution in [1.82, 2.24) is 29.9 Å². The van der Waals surface area contributed by atoms with Crippen LogP contribution in [0.5, 0.6) is 5.75 Å². The molecule has 0 amide bonds. The molecule has 0 aliphatic heterocycles. The number of aromatic hydroxyl groups is 1. The van der Waals surface area contributed by atoms with E-state index in [4.69, 9.17) is 0 Å². The molecule has 1 unspecified atom stereocenters. The molecule has 11 heteroatoms. The Balaban J connectivity index is 1.47. The van der Waals surface area contributed by atoms with E-state index in [9.17, 15) is 10.2 Å². The first kappa shape index (κ1) is 18.5. The van der Waals surface area contributed by atoms with Gasteiger partial charge in [-0.3, -0.25) is 9.67 Å². The van der Waals surface area contributed by atoms with Crippen LogP contribution in [0.3, 0.4) is 0 Å². The zero-order valence-electron chi connectivity index (χ0n) is 15.1. The number of pyridine rings is 1. The number of anilines is 2. The smallest absolute Gasteiger partial charge is 0.211 e. The van der Waals surface area contributed by atoms with Gasteiger partial charge in [-0.25, -0.2) is 4.98 Å². The molecule has 1 atom stereocenters. The second-order valence-corrected chi connectivity index (χ2v) is 8.11. The molecule has 0 bridgehead atoms. The Bertz CT molecular complexity index is 1100. The Hall–Kier alpha value is -2.89. The van der Waals surface area contributed by atoms with Crippen LogP contribution in [0.15, 0.2) is 36.0 Å². The van der Waals surface area contributed by atoms with E-state index in [2.05, 4.69) is 30.6 Å². The number of rotatable bonds is 6. The monoisotopic (exact) mass is 415 g/mol. The third-order valence-electron chi connectivity index (χ3n) is 3.93. The molecule has 0 spiro atoms. The predicted octanol–water partition coefficient (Wildman–Crippen LogP) is 2.65. The molecule has 0 radical (unpaired) electrons. The SMILES string of the molecule is Cc1csc(C(C)(O)c2nnc(Nc3ccn(Cc4ncccc4O)n3)s2)n1. The first-order valence-corrected chi connectivity index (χ1v) is 10.0. The quantitative estimate of drug-likeness (QED) is 0.439. The number of aromatic nitrogens is 6. The first-order chi connectivity index (χ1) is 13.4. The van der Waals surface area contributed by atoms with E-state index in [1.807, 2.05) is 12.3 Å². The van der Waals surface area contributed by atoms with Gasteiger partial charge in [-0.2, -0.15) is 5.10 Å². The Morgan fingerprint density at radius 3 is 2.86 bits per heavy atom. The number of thiazole rings is 1. The van der Waals surface area contributed by atoms with Crippen LogP contribution in [-0.4, -0.2) is 40.2 Å². The van der Waals surface area contributed by atoms with E-state index in [0.29, 0.717) is 33.2 Å². The molecule has 0 saturated carbocycles. The lowest BCUT2D eigenvalue weighted by Gasteiger charge is -2.16. The molecular formula is C17H17N7O2S2. The van der Waals surface area contributed by atoms with Crippen molar-refractivity contribution in [2.75, 3.05) is 5.32 Å². The normalized spacial score (nSPS) is 13.4. The summed E-state index contributed by atoms with van der Waals surface area (Å²) in [6.45, 7) is 3.88. The maximum atomic E-state index is 10.8. The summed E-state index contributed by atoms with van der Waals surface area (Å²) in [4.78, 5) is 8.49. The molecule has 144 valence electrons. The minimum absolute atomic E-state index is 0.126. The Morgan fingerprint density at radius 1 is 1.25 bits per heavy atom. The van der Waals surface area contributed by atoms with Crippen molar-refractivity contribution < 1.29 is 10.2 Å². The molecule has 0 aliphatic carbocycles. The number of nitrogens with one attached hydrogen (secondary N) is 1. The van der Waals surface area contributed by atoms with Gasteiger partial charge in [0.1, 0.15) is 16.5 Å². The van der Waals surface area contributed by atoms with Gasteiger partial charge in [-0.15, -0.1) is 21.5 Å². The van der Waals surface area contributed by atoms with Gasteiger partial charge in [0, 0.05) is 29.5 Å². The summed E-state index contributed by atoms with van der Waals surface area (Å²) in [5, 5.41) is 39.7. The molecule has 0 aliphatic rings. The van der Waals surface area contributed by atoms with Crippen LogP contribution in [-0.2, 0) is 12.1 Å². The second-order valence-electron chi connectivity index (χ2n) is 6.27. The largest absolute Gasteiger partial charge is 0.506 e. The third kappa shape index (κ3) is 3.72. The fourth-order valence-corrected chi connectivity index (χ4v) is 4.19. The van der Waals surface area contributed by atoms with E-state index < -0.39 is 5.60 Å². The summed E-state index contributed by atoms with van der Waals surface area (Å²) in [6, 6.07) is 5.04. The molecular weight excluding hydrogens is 398 g/mol. The van der Waals surface area contributed by atoms with Crippen molar-refractivity contribution in [3.05, 3.63) is 57.4 Å². The number of hydrogen-bond donors (Lipinski definition) is 3. The van der Waals surface area contributed by atoms with Crippen LogP contribution in [0.2, 0.25) is 0 Å². The van der Waals surface area contributed by atoms with Crippen molar-refractivity contribution in [2.45, 2.75) is 26.0 Å². The average molecular weight is 416 g/mol. The second kappa shape index (κ2) is 7.26. The van der Waals surface area contributed by atoms with Gasteiger partial charge in [0.05, 0.1) is 6.54 Å². The Kier molecular flexibility index (Phi) is 4.79. The number of hydrogen-bond acceptors (Lipinski definition) is 10. The lowest BCUT2D eigenvalue weighted by atomic mass is 10.1. The molecule has 4 heterocycles. The summed E-state index contributed by atoms with van der Waals surface area (Å²) in [7, 11) is 0. The van der Waals surface area contributed by atoms with Crippen LogP contribution in [0.1, 0.15) is 28.3 Å². The highest BCUT2D eigenvalue weighted by molar-refractivity contribution is 7.15. The van der Waals surface area contributed by atoms with Crippen LogP contribution < -0.4 is 5.32 Å². The van der Waals surface area contributed by atoms with E-state index in [-0.39, 0.29) is 5.75 Å². The number of nitrogens with zero attached hydrogens (tertiary/aromatic N) is 6. The minimum Gasteiger partial charge on any atom is -0.506 e. The highest BCUT2D eigenvalue weighted by Crippen LogP contribution is 2.34. The highest BCUT2D eigenvalue weighted by atomic mass is 32.1. The van der Waals surface area contributed by atoms with E-state index >= 15 is 0 Å². The highest BCUT2D eigenvalue weighted by Gasteiger charge is 2.33. The van der Waals surface area contributed by atoms with Gasteiger partial charge in [-0.1, -0.05) is 11.3 Å². The fourth-order valence-electron chi connectivity index (χ4n) is 2.47. The minimum atomic E-state index is -1.30. The van der Waals surface area contributed by atoms with Crippen molar-refractivity contribution in [1.29, 1.82) is 0 Å². The zero-order valence-corrected chi connectivity index (χ0v) is 16.7. The van der Waals surface area contributed by atoms with E-state index in [1.165, 1.54) is 22.7 Å². The molecule has 0 saturated heterocycles. The van der Waals surface area contributed by atoms with Crippen LogP contribution in [0, 0.1) is 6.92 Å². The summed E-state index contributed by atoms with van der Waals surface area (Å²) < 4.78 is 1.65.